The fraction of sp³-hybridized carbons (Fsp3) is 0.267. The van der Waals surface area contributed by atoms with Gasteiger partial charge in [-0.05, 0) is 42.2 Å². The zero-order valence-electron chi connectivity index (χ0n) is 12.2. The van der Waals surface area contributed by atoms with Crippen LogP contribution in [0.5, 0.6) is 5.75 Å². The van der Waals surface area contributed by atoms with Crippen molar-refractivity contribution in [2.45, 2.75) is 12.5 Å². The fourth-order valence-electron chi connectivity index (χ4n) is 2.05. The molecule has 0 aliphatic carbocycles. The summed E-state index contributed by atoms with van der Waals surface area (Å²) in [5.41, 5.74) is 0.720. The highest BCUT2D eigenvalue weighted by Crippen LogP contribution is 2.34. The minimum atomic E-state index is -1.30. The van der Waals surface area contributed by atoms with Crippen molar-refractivity contribution in [2.24, 2.45) is 0 Å². The van der Waals surface area contributed by atoms with Crippen LogP contribution in [0.25, 0.3) is 6.08 Å². The number of hydrogen-bond acceptors (Lipinski definition) is 7. The van der Waals surface area contributed by atoms with Crippen LogP contribution >= 0.6 is 35.7 Å². The van der Waals surface area contributed by atoms with Crippen molar-refractivity contribution in [1.82, 2.24) is 4.90 Å². The number of nitrogens with zero attached hydrogens (tertiary/aromatic N) is 1. The van der Waals surface area contributed by atoms with Gasteiger partial charge in [0.15, 0.2) is 0 Å². The number of phenols is 1. The Bertz CT molecular complexity index is 657. The molecule has 2 rings (SSSR count). The van der Waals surface area contributed by atoms with Gasteiger partial charge in [-0.1, -0.05) is 36.1 Å². The molecule has 1 aliphatic rings. The number of carboxylic acids is 1. The van der Waals surface area contributed by atoms with Gasteiger partial charge in [-0.15, -0.1) is 0 Å². The first-order valence-electron chi connectivity index (χ1n) is 6.70. The molecule has 1 saturated heterocycles. The highest BCUT2D eigenvalue weighted by atomic mass is 32.2. The summed E-state index contributed by atoms with van der Waals surface area (Å²) in [4.78, 5) is 25.3. The zero-order valence-corrected chi connectivity index (χ0v) is 14.7. The predicted molar refractivity (Wildman–Crippen MR) is 94.9 cm³/mol. The lowest BCUT2D eigenvalue weighted by molar-refractivity contribution is -0.310. The number of hydrogen-bond donors (Lipinski definition) is 1. The highest BCUT2D eigenvalue weighted by Gasteiger charge is 2.37. The third-order valence-electron chi connectivity index (χ3n) is 3.19. The van der Waals surface area contributed by atoms with Crippen LogP contribution in [-0.4, -0.2) is 44.3 Å². The van der Waals surface area contributed by atoms with E-state index in [0.717, 1.165) is 22.2 Å². The number of carbonyl (C=O) groups is 2. The van der Waals surface area contributed by atoms with Crippen LogP contribution in [0, 0.1) is 0 Å². The van der Waals surface area contributed by atoms with Crippen LogP contribution in [0.1, 0.15) is 12.0 Å². The molecule has 0 spiro atoms. The molecule has 0 radical (unpaired) electrons. The first-order chi connectivity index (χ1) is 10.9. The van der Waals surface area contributed by atoms with E-state index in [0.29, 0.717) is 10.7 Å². The maximum Gasteiger partial charge on any atom is 0.266 e. The standard InChI is InChI=1S/C15H15NO4S3/c1-22-7-6-11(14(19)20)16-13(18)12(23-15(16)21)8-9-2-4-10(17)5-3-9/h2-5,8,11,17H,6-7H2,1H3,(H,19,20)/p-1/b12-8-/t11-/m0/s1. The summed E-state index contributed by atoms with van der Waals surface area (Å²) >= 11 is 7.73. The summed E-state index contributed by atoms with van der Waals surface area (Å²) < 4.78 is 0.218. The number of thioether (sulfide) groups is 2. The fourth-order valence-corrected chi connectivity index (χ4v) is 3.87. The van der Waals surface area contributed by atoms with Crippen molar-refractivity contribution in [3.63, 3.8) is 0 Å². The van der Waals surface area contributed by atoms with Gasteiger partial charge >= 0.3 is 0 Å². The Kier molecular flexibility index (Phi) is 6.09. The van der Waals surface area contributed by atoms with E-state index in [1.165, 1.54) is 23.9 Å². The third kappa shape index (κ3) is 4.27. The van der Waals surface area contributed by atoms with Gasteiger partial charge in [-0.2, -0.15) is 11.8 Å². The Morgan fingerprint density at radius 3 is 2.70 bits per heavy atom. The lowest BCUT2D eigenvalue weighted by atomic mass is 10.1. The molecule has 1 aliphatic heterocycles. The Balaban J connectivity index is 2.24. The average molecular weight is 368 g/mol. The summed E-state index contributed by atoms with van der Waals surface area (Å²) in [7, 11) is 0. The van der Waals surface area contributed by atoms with Crippen LogP contribution in [0.4, 0.5) is 0 Å². The van der Waals surface area contributed by atoms with Gasteiger partial charge in [-0.25, -0.2) is 0 Å². The largest absolute Gasteiger partial charge is 0.548 e. The van der Waals surface area contributed by atoms with Crippen molar-refractivity contribution in [3.05, 3.63) is 34.7 Å². The number of thiocarbonyl (C=S) groups is 1. The molecule has 1 aromatic carbocycles. The van der Waals surface area contributed by atoms with Gasteiger partial charge in [0.25, 0.3) is 5.91 Å². The normalized spacial score (nSPS) is 17.8. The smallest absolute Gasteiger partial charge is 0.266 e. The van der Waals surface area contributed by atoms with Crippen LogP contribution in [0.15, 0.2) is 29.2 Å². The van der Waals surface area contributed by atoms with Gasteiger partial charge in [0.2, 0.25) is 0 Å². The molecule has 1 atom stereocenters. The zero-order chi connectivity index (χ0) is 17.0. The van der Waals surface area contributed by atoms with Crippen LogP contribution in [0.3, 0.4) is 0 Å². The molecular weight excluding hydrogens is 354 g/mol. The second-order valence-corrected chi connectivity index (χ2v) is 7.42. The lowest BCUT2D eigenvalue weighted by Crippen LogP contribution is -2.50. The van der Waals surface area contributed by atoms with Crippen molar-refractivity contribution in [2.75, 3.05) is 12.0 Å². The van der Waals surface area contributed by atoms with Crippen LogP contribution < -0.4 is 5.11 Å². The van der Waals surface area contributed by atoms with Crippen molar-refractivity contribution >= 4 is 58.0 Å². The van der Waals surface area contributed by atoms with Gasteiger partial charge in [-0.3, -0.25) is 9.69 Å². The summed E-state index contributed by atoms with van der Waals surface area (Å²) in [6.45, 7) is 0. The number of benzene rings is 1. The van der Waals surface area contributed by atoms with E-state index in [2.05, 4.69) is 0 Å². The minimum Gasteiger partial charge on any atom is -0.548 e. The van der Waals surface area contributed by atoms with Crippen molar-refractivity contribution < 1.29 is 19.8 Å². The maximum atomic E-state index is 12.5. The van der Waals surface area contributed by atoms with Gasteiger partial charge in [0, 0.05) is 0 Å². The number of aliphatic carboxylic acids is 1. The lowest BCUT2D eigenvalue weighted by Gasteiger charge is -2.27. The summed E-state index contributed by atoms with van der Waals surface area (Å²) in [5, 5.41) is 20.6. The number of phenolic OH excluding ortho intramolecular Hbond substituents is 1. The number of carbonyl (C=O) groups excluding carboxylic acids is 2. The molecule has 1 heterocycles. The van der Waals surface area contributed by atoms with E-state index in [1.807, 2.05) is 6.26 Å². The Hall–Kier alpha value is -1.51. The summed E-state index contributed by atoms with van der Waals surface area (Å²) in [5.74, 6) is -1.01. The number of rotatable bonds is 6. The number of aromatic hydroxyl groups is 1. The Labute approximate surface area is 147 Å². The summed E-state index contributed by atoms with van der Waals surface area (Å²) in [6, 6.07) is 5.28. The molecule has 1 amide bonds. The molecule has 0 saturated carbocycles. The number of amides is 1. The Morgan fingerprint density at radius 1 is 1.48 bits per heavy atom. The third-order valence-corrected chi connectivity index (χ3v) is 5.17. The molecular formula is C15H14NO4S3-. The van der Waals surface area contributed by atoms with E-state index in [4.69, 9.17) is 12.2 Å². The van der Waals surface area contributed by atoms with E-state index >= 15 is 0 Å². The second-order valence-electron chi connectivity index (χ2n) is 4.76. The molecule has 0 unspecified atom stereocenters. The molecule has 0 bridgehead atoms. The molecule has 122 valence electrons. The quantitative estimate of drug-likeness (QED) is 0.601. The van der Waals surface area contributed by atoms with Crippen LogP contribution in [-0.2, 0) is 9.59 Å². The van der Waals surface area contributed by atoms with Gasteiger partial charge in [0.1, 0.15) is 10.1 Å². The van der Waals surface area contributed by atoms with Gasteiger partial charge < -0.3 is 15.0 Å². The number of carboxylic acid groups (broad SMARTS) is 1. The SMILES string of the molecule is CSCC[C@@H](C(=O)[O-])N1C(=O)/C(=C/c2ccc(O)cc2)SC1=S. The van der Waals surface area contributed by atoms with Crippen molar-refractivity contribution in [3.8, 4) is 5.75 Å². The van der Waals surface area contributed by atoms with E-state index in [1.54, 1.807) is 18.2 Å². The predicted octanol–water partition coefficient (Wildman–Crippen LogP) is 1.46. The minimum absolute atomic E-state index is 0.129. The van der Waals surface area contributed by atoms with Gasteiger partial charge in [0.05, 0.1) is 16.9 Å². The Morgan fingerprint density at radius 2 is 2.13 bits per heavy atom. The average Bonchev–Trinajstić information content (AvgIpc) is 2.77. The highest BCUT2D eigenvalue weighted by molar-refractivity contribution is 8.26. The molecule has 8 heteroatoms. The first-order valence-corrected chi connectivity index (χ1v) is 9.31. The van der Waals surface area contributed by atoms with Crippen LogP contribution in [0.2, 0.25) is 0 Å². The topological polar surface area (TPSA) is 80.7 Å². The molecule has 0 aromatic heterocycles. The van der Waals surface area contributed by atoms with Crippen molar-refractivity contribution in [1.29, 1.82) is 0 Å². The molecule has 1 N–H and O–H groups in total. The second kappa shape index (κ2) is 7.85. The van der Waals surface area contributed by atoms with E-state index in [-0.39, 0.29) is 16.5 Å². The first kappa shape index (κ1) is 17.8. The molecule has 1 fully saturated rings. The van der Waals surface area contributed by atoms with E-state index in [9.17, 15) is 19.8 Å². The monoisotopic (exact) mass is 368 g/mol. The molecule has 1 aromatic rings. The molecule has 23 heavy (non-hydrogen) atoms. The van der Waals surface area contributed by atoms with E-state index < -0.39 is 17.9 Å². The molecule has 5 nitrogen and oxygen atoms in total. The maximum absolute atomic E-state index is 12.5. The summed E-state index contributed by atoms with van der Waals surface area (Å²) in [6.07, 6.45) is 3.77.